The maximum Gasteiger partial charge on any atom is 0.161 e. The molecule has 0 aliphatic carbocycles. The molecule has 11 rings (SSSR count). The molecule has 0 bridgehead atoms. The molecule has 4 heterocycles. The fourth-order valence-electron chi connectivity index (χ4n) is 7.95. The number of nitrogens with zero attached hydrogens (tertiary/aromatic N) is 4. The Morgan fingerprint density at radius 1 is 0.393 bits per heavy atom. The minimum absolute atomic E-state index is 0.701. The quantitative estimate of drug-likeness (QED) is 0.172. The number of hydrogen-bond acceptors (Lipinski definition) is 4. The van der Waals surface area contributed by atoms with Crippen LogP contribution in [0.25, 0.3) is 106 Å². The second kappa shape index (κ2) is 13.0. The summed E-state index contributed by atoms with van der Waals surface area (Å²) in [7, 11) is 0. The van der Waals surface area contributed by atoms with Gasteiger partial charge in [-0.15, -0.1) is 0 Å². The van der Waals surface area contributed by atoms with Gasteiger partial charge in [-0.2, -0.15) is 0 Å². The Bertz CT molecular complexity index is 3160. The Hall–Kier alpha value is -7.63. The molecule has 56 heavy (non-hydrogen) atoms. The van der Waals surface area contributed by atoms with Gasteiger partial charge in [0.1, 0.15) is 11.1 Å². The number of para-hydroxylation sites is 3. The molecule has 262 valence electrons. The first kappa shape index (κ1) is 31.9. The van der Waals surface area contributed by atoms with Crippen molar-refractivity contribution in [3.05, 3.63) is 194 Å². The highest BCUT2D eigenvalue weighted by Crippen LogP contribution is 2.45. The standard InChI is InChI=1S/C51H32N4O/c1-4-15-34(16-5-1)43-32-44(54-51(53-43)36-17-6-2-7-18-36)35-29-27-33(28-30-35)37-19-14-20-38(31-37)47-46-48-50(56-49(46)40-23-10-12-25-42(40)52-47)41-24-11-13-26-45(41)55(48)39-21-8-3-9-22-39/h1-32H. The van der Waals surface area contributed by atoms with Crippen LogP contribution in [0, 0.1) is 0 Å². The maximum absolute atomic E-state index is 6.92. The number of aromatic nitrogens is 4. The summed E-state index contributed by atoms with van der Waals surface area (Å²) < 4.78 is 9.23. The summed E-state index contributed by atoms with van der Waals surface area (Å²) in [5.74, 6) is 0.701. The first-order valence-corrected chi connectivity index (χ1v) is 18.8. The van der Waals surface area contributed by atoms with Gasteiger partial charge in [-0.25, -0.2) is 15.0 Å². The molecule has 0 N–H and O–H groups in total. The first-order valence-electron chi connectivity index (χ1n) is 18.8. The van der Waals surface area contributed by atoms with E-state index in [1.165, 1.54) is 0 Å². The van der Waals surface area contributed by atoms with E-state index in [1.807, 2.05) is 42.5 Å². The fraction of sp³-hybridized carbons (Fsp3) is 0. The van der Waals surface area contributed by atoms with Crippen molar-refractivity contribution in [2.24, 2.45) is 0 Å². The van der Waals surface area contributed by atoms with Gasteiger partial charge in [-0.3, -0.25) is 0 Å². The minimum Gasteiger partial charge on any atom is -0.453 e. The predicted molar refractivity (Wildman–Crippen MR) is 229 cm³/mol. The van der Waals surface area contributed by atoms with Crippen LogP contribution in [0.15, 0.2) is 199 Å². The normalized spacial score (nSPS) is 11.6. The van der Waals surface area contributed by atoms with Crippen LogP contribution >= 0.6 is 0 Å². The number of furan rings is 1. The summed E-state index contributed by atoms with van der Waals surface area (Å²) in [5.41, 5.74) is 14.7. The number of rotatable bonds is 6. The minimum atomic E-state index is 0.701. The summed E-state index contributed by atoms with van der Waals surface area (Å²) in [6, 6.07) is 67.1. The molecule has 0 saturated heterocycles. The summed E-state index contributed by atoms with van der Waals surface area (Å²) in [6.07, 6.45) is 0. The average molecular weight is 717 g/mol. The molecule has 0 amide bonds. The van der Waals surface area contributed by atoms with E-state index in [4.69, 9.17) is 19.4 Å². The lowest BCUT2D eigenvalue weighted by molar-refractivity contribution is 0.676. The van der Waals surface area contributed by atoms with E-state index >= 15 is 0 Å². The molecule has 4 aromatic heterocycles. The highest BCUT2D eigenvalue weighted by Gasteiger charge is 2.24. The summed E-state index contributed by atoms with van der Waals surface area (Å²) in [4.78, 5) is 15.4. The van der Waals surface area contributed by atoms with Crippen molar-refractivity contribution in [3.63, 3.8) is 0 Å². The molecule has 0 radical (unpaired) electrons. The lowest BCUT2D eigenvalue weighted by atomic mass is 9.98. The third-order valence-electron chi connectivity index (χ3n) is 10.6. The van der Waals surface area contributed by atoms with Crippen LogP contribution in [0.1, 0.15) is 0 Å². The Balaban J connectivity index is 1.06. The molecular weight excluding hydrogens is 685 g/mol. The SMILES string of the molecule is c1ccc(-c2cc(-c3ccc(-c4cccc(-c5nc6ccccc6c6oc7c8ccccc8n(-c8ccccc8)c7c56)c4)cc3)nc(-c3ccccc3)n2)cc1. The second-order valence-electron chi connectivity index (χ2n) is 14.0. The van der Waals surface area contributed by atoms with Crippen molar-refractivity contribution in [1.82, 2.24) is 19.5 Å². The Morgan fingerprint density at radius 2 is 0.964 bits per heavy atom. The van der Waals surface area contributed by atoms with E-state index in [-0.39, 0.29) is 0 Å². The van der Waals surface area contributed by atoms with Crippen LogP contribution in [0.2, 0.25) is 0 Å². The van der Waals surface area contributed by atoms with Crippen molar-refractivity contribution in [2.45, 2.75) is 0 Å². The van der Waals surface area contributed by atoms with Gasteiger partial charge in [0.25, 0.3) is 0 Å². The van der Waals surface area contributed by atoms with Crippen LogP contribution in [-0.2, 0) is 0 Å². The molecule has 0 fully saturated rings. The Morgan fingerprint density at radius 3 is 1.71 bits per heavy atom. The van der Waals surface area contributed by atoms with Gasteiger partial charge in [0.2, 0.25) is 0 Å². The van der Waals surface area contributed by atoms with Gasteiger partial charge in [0, 0.05) is 38.7 Å². The van der Waals surface area contributed by atoms with Crippen LogP contribution in [-0.4, -0.2) is 19.5 Å². The van der Waals surface area contributed by atoms with E-state index in [0.29, 0.717) is 5.82 Å². The first-order chi connectivity index (χ1) is 27.8. The molecule has 7 aromatic carbocycles. The maximum atomic E-state index is 6.92. The number of hydrogen-bond donors (Lipinski definition) is 0. The highest BCUT2D eigenvalue weighted by molar-refractivity contribution is 6.24. The largest absolute Gasteiger partial charge is 0.453 e. The zero-order chi connectivity index (χ0) is 37.0. The van der Waals surface area contributed by atoms with Gasteiger partial charge in [-0.05, 0) is 59.7 Å². The third kappa shape index (κ3) is 5.29. The predicted octanol–water partition coefficient (Wildman–Crippen LogP) is 13.2. The van der Waals surface area contributed by atoms with Crippen molar-refractivity contribution < 1.29 is 4.42 Å². The lowest BCUT2D eigenvalue weighted by Gasteiger charge is -2.12. The van der Waals surface area contributed by atoms with E-state index in [1.54, 1.807) is 0 Å². The van der Waals surface area contributed by atoms with Crippen molar-refractivity contribution in [1.29, 1.82) is 0 Å². The van der Waals surface area contributed by atoms with Crippen LogP contribution in [0.3, 0.4) is 0 Å². The molecule has 11 aromatic rings. The zero-order valence-electron chi connectivity index (χ0n) is 30.2. The van der Waals surface area contributed by atoms with Crippen LogP contribution in [0.5, 0.6) is 0 Å². The van der Waals surface area contributed by atoms with Gasteiger partial charge in [0.15, 0.2) is 11.4 Å². The van der Waals surface area contributed by atoms with E-state index in [2.05, 4.69) is 156 Å². The molecule has 5 nitrogen and oxygen atoms in total. The van der Waals surface area contributed by atoms with Gasteiger partial charge in [-0.1, -0.05) is 146 Å². The number of pyridine rings is 1. The summed E-state index contributed by atoms with van der Waals surface area (Å²) in [6.45, 7) is 0. The number of fused-ring (bicyclic) bond motifs is 7. The van der Waals surface area contributed by atoms with Crippen molar-refractivity contribution in [3.8, 4) is 62.0 Å². The summed E-state index contributed by atoms with van der Waals surface area (Å²) >= 11 is 0. The Kier molecular flexibility index (Phi) is 7.42. The van der Waals surface area contributed by atoms with Gasteiger partial charge < -0.3 is 8.98 Å². The topological polar surface area (TPSA) is 56.7 Å². The number of benzene rings is 7. The molecule has 0 saturated carbocycles. The molecule has 0 aliphatic rings. The van der Waals surface area contributed by atoms with Gasteiger partial charge in [0.05, 0.1) is 33.5 Å². The fourth-order valence-corrected chi connectivity index (χ4v) is 7.95. The van der Waals surface area contributed by atoms with E-state index in [0.717, 1.165) is 100 Å². The molecule has 0 unspecified atom stereocenters. The van der Waals surface area contributed by atoms with Crippen LogP contribution in [0.4, 0.5) is 0 Å². The molecule has 0 atom stereocenters. The Labute approximate surface area is 322 Å². The molecule has 5 heteroatoms. The third-order valence-corrected chi connectivity index (χ3v) is 10.6. The molecular formula is C51H32N4O. The van der Waals surface area contributed by atoms with Crippen LogP contribution < -0.4 is 0 Å². The second-order valence-corrected chi connectivity index (χ2v) is 14.0. The molecule has 0 spiro atoms. The summed E-state index contributed by atoms with van der Waals surface area (Å²) in [5, 5.41) is 3.06. The molecule has 0 aliphatic heterocycles. The van der Waals surface area contributed by atoms with E-state index < -0.39 is 0 Å². The highest BCUT2D eigenvalue weighted by atomic mass is 16.3. The lowest BCUT2D eigenvalue weighted by Crippen LogP contribution is -1.96. The van der Waals surface area contributed by atoms with Crippen molar-refractivity contribution in [2.75, 3.05) is 0 Å². The van der Waals surface area contributed by atoms with Crippen molar-refractivity contribution >= 4 is 43.9 Å². The monoisotopic (exact) mass is 716 g/mol. The van der Waals surface area contributed by atoms with Gasteiger partial charge >= 0.3 is 0 Å². The smallest absolute Gasteiger partial charge is 0.161 e. The van der Waals surface area contributed by atoms with E-state index in [9.17, 15) is 0 Å². The zero-order valence-corrected chi connectivity index (χ0v) is 30.2. The average Bonchev–Trinajstić information content (AvgIpc) is 3.82.